The fourth-order valence-corrected chi connectivity index (χ4v) is 2.66. The summed E-state index contributed by atoms with van der Waals surface area (Å²) in [6.07, 6.45) is 2.37. The minimum Gasteiger partial charge on any atom is -0.383 e. The van der Waals surface area contributed by atoms with Gasteiger partial charge in [-0.25, -0.2) is 9.97 Å². The molecule has 88 valence electrons. The largest absolute Gasteiger partial charge is 0.383 e. The number of hydrogen-bond acceptors (Lipinski definition) is 4. The lowest BCUT2D eigenvalue weighted by atomic mass is 10.2. The smallest absolute Gasteiger partial charge is 0.131 e. The summed E-state index contributed by atoms with van der Waals surface area (Å²) in [7, 11) is 0. The van der Waals surface area contributed by atoms with Crippen molar-refractivity contribution in [2.24, 2.45) is 0 Å². The number of nitrogens with zero attached hydrogens (tertiary/aromatic N) is 2. The van der Waals surface area contributed by atoms with Crippen LogP contribution in [0.4, 0.5) is 5.82 Å². The molecule has 0 atom stereocenters. The SMILES string of the molecule is CCc1c(N)ncnc1Sc1ccccc1C. The maximum Gasteiger partial charge on any atom is 0.131 e. The first-order valence-corrected chi connectivity index (χ1v) is 6.37. The summed E-state index contributed by atoms with van der Waals surface area (Å²) in [6.45, 7) is 4.16. The van der Waals surface area contributed by atoms with Crippen LogP contribution in [0, 0.1) is 6.92 Å². The average molecular weight is 245 g/mol. The molecule has 0 aliphatic rings. The molecule has 2 N–H and O–H groups in total. The normalized spacial score (nSPS) is 10.5. The molecular formula is C13H15N3S. The van der Waals surface area contributed by atoms with E-state index in [1.54, 1.807) is 11.8 Å². The molecule has 3 nitrogen and oxygen atoms in total. The molecule has 0 fully saturated rings. The number of rotatable bonds is 3. The number of aromatic nitrogens is 2. The highest BCUT2D eigenvalue weighted by molar-refractivity contribution is 7.99. The summed E-state index contributed by atoms with van der Waals surface area (Å²) in [5.74, 6) is 0.582. The molecule has 1 heterocycles. The van der Waals surface area contributed by atoms with Crippen LogP contribution in [0.2, 0.25) is 0 Å². The van der Waals surface area contributed by atoms with E-state index < -0.39 is 0 Å². The summed E-state index contributed by atoms with van der Waals surface area (Å²) in [4.78, 5) is 9.56. The van der Waals surface area contributed by atoms with Crippen molar-refractivity contribution in [1.29, 1.82) is 0 Å². The van der Waals surface area contributed by atoms with Crippen molar-refractivity contribution in [2.45, 2.75) is 30.2 Å². The molecule has 2 aromatic rings. The Morgan fingerprint density at radius 3 is 2.71 bits per heavy atom. The first kappa shape index (κ1) is 11.9. The Hall–Kier alpha value is -1.55. The predicted molar refractivity (Wildman–Crippen MR) is 71.1 cm³/mol. The molecule has 1 aromatic heterocycles. The minimum absolute atomic E-state index is 0.582. The van der Waals surface area contributed by atoms with Gasteiger partial charge in [-0.15, -0.1) is 0 Å². The fourth-order valence-electron chi connectivity index (χ4n) is 1.60. The van der Waals surface area contributed by atoms with Crippen molar-refractivity contribution in [3.05, 3.63) is 41.7 Å². The Labute approximate surface area is 105 Å². The average Bonchev–Trinajstić information content (AvgIpc) is 2.32. The second-order valence-electron chi connectivity index (χ2n) is 3.76. The number of benzene rings is 1. The van der Waals surface area contributed by atoms with Crippen molar-refractivity contribution >= 4 is 17.6 Å². The molecule has 0 aliphatic heterocycles. The van der Waals surface area contributed by atoms with Crippen LogP contribution in [0.1, 0.15) is 18.1 Å². The molecule has 4 heteroatoms. The molecule has 1 aromatic carbocycles. The van der Waals surface area contributed by atoms with Crippen LogP contribution in [0.3, 0.4) is 0 Å². The van der Waals surface area contributed by atoms with Gasteiger partial charge in [0, 0.05) is 10.5 Å². The van der Waals surface area contributed by atoms with Crippen molar-refractivity contribution in [2.75, 3.05) is 5.73 Å². The molecule has 0 spiro atoms. The van der Waals surface area contributed by atoms with Gasteiger partial charge in [0.1, 0.15) is 17.2 Å². The zero-order valence-corrected chi connectivity index (χ0v) is 10.8. The first-order valence-electron chi connectivity index (χ1n) is 5.55. The standard InChI is InChI=1S/C13H15N3S/c1-3-10-12(14)15-8-16-13(10)17-11-7-5-4-6-9(11)2/h4-8H,3H2,1-2H3,(H2,14,15,16). The Balaban J connectivity index is 2.37. The molecular weight excluding hydrogens is 230 g/mol. The van der Waals surface area contributed by atoms with Gasteiger partial charge >= 0.3 is 0 Å². The van der Waals surface area contributed by atoms with Gasteiger partial charge in [0.2, 0.25) is 0 Å². The van der Waals surface area contributed by atoms with E-state index in [2.05, 4.69) is 35.9 Å². The van der Waals surface area contributed by atoms with Gasteiger partial charge in [-0.1, -0.05) is 36.9 Å². The van der Waals surface area contributed by atoms with Gasteiger partial charge in [0.05, 0.1) is 0 Å². The minimum atomic E-state index is 0.582. The maximum atomic E-state index is 5.86. The lowest BCUT2D eigenvalue weighted by Gasteiger charge is -2.09. The Morgan fingerprint density at radius 1 is 1.24 bits per heavy atom. The number of aryl methyl sites for hydroxylation is 1. The van der Waals surface area contributed by atoms with Crippen LogP contribution in [0.5, 0.6) is 0 Å². The third-order valence-corrected chi connectivity index (χ3v) is 3.82. The number of nitrogen functional groups attached to an aromatic ring is 1. The van der Waals surface area contributed by atoms with Crippen LogP contribution < -0.4 is 5.73 Å². The zero-order valence-electron chi connectivity index (χ0n) is 9.97. The molecule has 0 radical (unpaired) electrons. The third-order valence-electron chi connectivity index (χ3n) is 2.59. The molecule has 0 amide bonds. The van der Waals surface area contributed by atoms with Crippen molar-refractivity contribution < 1.29 is 0 Å². The summed E-state index contributed by atoms with van der Waals surface area (Å²) in [6, 6.07) is 8.26. The van der Waals surface area contributed by atoms with E-state index in [0.29, 0.717) is 5.82 Å². The van der Waals surface area contributed by atoms with Crippen molar-refractivity contribution in [1.82, 2.24) is 9.97 Å². The highest BCUT2D eigenvalue weighted by Crippen LogP contribution is 2.32. The van der Waals surface area contributed by atoms with Gasteiger partial charge in [-0.3, -0.25) is 0 Å². The second kappa shape index (κ2) is 5.19. The predicted octanol–water partition coefficient (Wildman–Crippen LogP) is 3.08. The van der Waals surface area contributed by atoms with Gasteiger partial charge in [0.25, 0.3) is 0 Å². The Bertz CT molecular complexity index is 526. The van der Waals surface area contributed by atoms with Gasteiger partial charge in [-0.05, 0) is 25.0 Å². The van der Waals surface area contributed by atoms with E-state index >= 15 is 0 Å². The van der Waals surface area contributed by atoms with Crippen LogP contribution in [0.15, 0.2) is 40.5 Å². The van der Waals surface area contributed by atoms with Crippen molar-refractivity contribution in [3.8, 4) is 0 Å². The summed E-state index contributed by atoms with van der Waals surface area (Å²) < 4.78 is 0. The highest BCUT2D eigenvalue weighted by Gasteiger charge is 2.09. The summed E-state index contributed by atoms with van der Waals surface area (Å²) >= 11 is 1.65. The lowest BCUT2D eigenvalue weighted by Crippen LogP contribution is -2.00. The topological polar surface area (TPSA) is 51.8 Å². The fraction of sp³-hybridized carbons (Fsp3) is 0.231. The van der Waals surface area contributed by atoms with E-state index in [-0.39, 0.29) is 0 Å². The van der Waals surface area contributed by atoms with Crippen molar-refractivity contribution in [3.63, 3.8) is 0 Å². The van der Waals surface area contributed by atoms with E-state index in [1.807, 2.05) is 12.1 Å². The van der Waals surface area contributed by atoms with Crippen LogP contribution in [-0.4, -0.2) is 9.97 Å². The van der Waals surface area contributed by atoms with Crippen LogP contribution in [0.25, 0.3) is 0 Å². The second-order valence-corrected chi connectivity index (χ2v) is 4.79. The molecule has 17 heavy (non-hydrogen) atoms. The Kier molecular flexibility index (Phi) is 3.64. The molecule has 0 aliphatic carbocycles. The van der Waals surface area contributed by atoms with Gasteiger partial charge < -0.3 is 5.73 Å². The molecule has 0 saturated carbocycles. The number of anilines is 1. The van der Waals surface area contributed by atoms with Crippen LogP contribution >= 0.6 is 11.8 Å². The Morgan fingerprint density at radius 2 is 2.00 bits per heavy atom. The molecule has 0 saturated heterocycles. The highest BCUT2D eigenvalue weighted by atomic mass is 32.2. The zero-order chi connectivity index (χ0) is 12.3. The lowest BCUT2D eigenvalue weighted by molar-refractivity contribution is 0.952. The van der Waals surface area contributed by atoms with E-state index in [1.165, 1.54) is 16.8 Å². The quantitative estimate of drug-likeness (QED) is 0.844. The van der Waals surface area contributed by atoms with Crippen LogP contribution in [-0.2, 0) is 6.42 Å². The van der Waals surface area contributed by atoms with E-state index in [9.17, 15) is 0 Å². The first-order chi connectivity index (χ1) is 8.22. The maximum absolute atomic E-state index is 5.86. The number of nitrogens with two attached hydrogens (primary N) is 1. The monoisotopic (exact) mass is 245 g/mol. The summed E-state index contributed by atoms with van der Waals surface area (Å²) in [5, 5.41) is 0.953. The molecule has 2 rings (SSSR count). The third kappa shape index (κ3) is 2.58. The van der Waals surface area contributed by atoms with E-state index in [4.69, 9.17) is 5.73 Å². The summed E-state index contributed by atoms with van der Waals surface area (Å²) in [5.41, 5.74) is 8.13. The number of hydrogen-bond donors (Lipinski definition) is 1. The van der Waals surface area contributed by atoms with Gasteiger partial charge in [0.15, 0.2) is 0 Å². The molecule has 0 bridgehead atoms. The van der Waals surface area contributed by atoms with Gasteiger partial charge in [-0.2, -0.15) is 0 Å². The van der Waals surface area contributed by atoms with E-state index in [0.717, 1.165) is 17.0 Å². The molecule has 0 unspecified atom stereocenters.